The van der Waals surface area contributed by atoms with Crippen molar-refractivity contribution >= 4 is 33.5 Å². The average molecular weight is 382 g/mol. The van der Waals surface area contributed by atoms with Crippen molar-refractivity contribution in [1.29, 1.82) is 0 Å². The molecule has 9 heteroatoms. The number of nitrogens with zero attached hydrogens (tertiary/aromatic N) is 2. The van der Waals surface area contributed by atoms with Crippen LogP contribution in [0.15, 0.2) is 11.1 Å². The van der Waals surface area contributed by atoms with E-state index in [4.69, 9.17) is 14.2 Å². The van der Waals surface area contributed by atoms with Gasteiger partial charge in [-0.15, -0.1) is 11.3 Å². The maximum absolute atomic E-state index is 12.7. The summed E-state index contributed by atoms with van der Waals surface area (Å²) < 4.78 is 16.5. The minimum absolute atomic E-state index is 0.125. The minimum Gasteiger partial charge on any atom is -0.462 e. The lowest BCUT2D eigenvalue weighted by molar-refractivity contribution is -0.145. The largest absolute Gasteiger partial charge is 0.462 e. The second-order valence-corrected chi connectivity index (χ2v) is 6.78. The summed E-state index contributed by atoms with van der Waals surface area (Å²) in [7, 11) is 0. The maximum Gasteiger partial charge on any atom is 0.348 e. The molecule has 0 atom stereocenters. The molecule has 0 unspecified atom stereocenters. The summed E-state index contributed by atoms with van der Waals surface area (Å²) in [5, 5.41) is 0.315. The van der Waals surface area contributed by atoms with Gasteiger partial charge in [-0.2, -0.15) is 0 Å². The first-order valence-electron chi connectivity index (χ1n) is 8.28. The summed E-state index contributed by atoms with van der Waals surface area (Å²) in [4.78, 5) is 41.6. The number of carbonyl (C=O) groups is 2. The normalized spacial score (nSPS) is 11.1. The first kappa shape index (κ1) is 20.1. The Kier molecular flexibility index (Phi) is 6.87. The first-order valence-corrected chi connectivity index (χ1v) is 9.09. The Morgan fingerprint density at radius 2 is 2.04 bits per heavy atom. The molecular weight excluding hydrogens is 360 g/mol. The highest BCUT2D eigenvalue weighted by molar-refractivity contribution is 7.20. The van der Waals surface area contributed by atoms with E-state index in [9.17, 15) is 14.4 Å². The summed E-state index contributed by atoms with van der Waals surface area (Å²) >= 11 is 1.10. The lowest BCUT2D eigenvalue weighted by Gasteiger charge is -2.07. The SMILES string of the molecule is CCOCCOC(=O)Cn1cnc2sc(C(=O)OC(C)C)c(C)c2c1=O. The van der Waals surface area contributed by atoms with Crippen LogP contribution in [0.2, 0.25) is 0 Å². The second kappa shape index (κ2) is 8.91. The van der Waals surface area contributed by atoms with Gasteiger partial charge in [-0.3, -0.25) is 14.2 Å². The third-order valence-corrected chi connectivity index (χ3v) is 4.62. The van der Waals surface area contributed by atoms with E-state index in [-0.39, 0.29) is 19.3 Å². The molecule has 0 spiro atoms. The number of hydrogen-bond donors (Lipinski definition) is 0. The van der Waals surface area contributed by atoms with Crippen LogP contribution >= 0.6 is 11.3 Å². The van der Waals surface area contributed by atoms with Crippen molar-refractivity contribution in [2.24, 2.45) is 0 Å². The van der Waals surface area contributed by atoms with E-state index in [0.717, 1.165) is 11.3 Å². The number of rotatable bonds is 8. The fraction of sp³-hybridized carbons (Fsp3) is 0.529. The van der Waals surface area contributed by atoms with E-state index in [2.05, 4.69) is 4.98 Å². The van der Waals surface area contributed by atoms with Crippen LogP contribution in [0.5, 0.6) is 0 Å². The van der Waals surface area contributed by atoms with Crippen molar-refractivity contribution in [3.63, 3.8) is 0 Å². The molecule has 0 aliphatic carbocycles. The van der Waals surface area contributed by atoms with Gasteiger partial charge in [0, 0.05) is 6.61 Å². The van der Waals surface area contributed by atoms with Gasteiger partial charge in [0.05, 0.1) is 24.4 Å². The van der Waals surface area contributed by atoms with Crippen molar-refractivity contribution in [3.05, 3.63) is 27.1 Å². The molecule has 0 radical (unpaired) electrons. The highest BCUT2D eigenvalue weighted by Gasteiger charge is 2.21. The molecule has 0 bridgehead atoms. The molecule has 0 N–H and O–H groups in total. The summed E-state index contributed by atoms with van der Waals surface area (Å²) in [6.45, 7) is 7.73. The zero-order chi connectivity index (χ0) is 19.3. The fourth-order valence-electron chi connectivity index (χ4n) is 2.28. The Balaban J connectivity index is 2.22. The third-order valence-electron chi connectivity index (χ3n) is 3.44. The highest BCUT2D eigenvalue weighted by Crippen LogP contribution is 2.27. The van der Waals surface area contributed by atoms with Gasteiger partial charge in [0.1, 0.15) is 22.9 Å². The van der Waals surface area contributed by atoms with Gasteiger partial charge in [-0.1, -0.05) is 0 Å². The molecule has 142 valence electrons. The first-order chi connectivity index (χ1) is 12.3. The predicted octanol–water partition coefficient (Wildman–Crippen LogP) is 1.91. The minimum atomic E-state index is -0.555. The molecule has 0 aliphatic rings. The van der Waals surface area contributed by atoms with Gasteiger partial charge >= 0.3 is 11.9 Å². The van der Waals surface area contributed by atoms with Crippen molar-refractivity contribution in [1.82, 2.24) is 9.55 Å². The van der Waals surface area contributed by atoms with Crippen LogP contribution in [-0.2, 0) is 25.5 Å². The predicted molar refractivity (Wildman–Crippen MR) is 96.6 cm³/mol. The Hall–Kier alpha value is -2.26. The molecule has 2 aromatic heterocycles. The Labute approximate surface area is 154 Å². The fourth-order valence-corrected chi connectivity index (χ4v) is 3.30. The smallest absolute Gasteiger partial charge is 0.348 e. The van der Waals surface area contributed by atoms with Gasteiger partial charge in [0.15, 0.2) is 0 Å². The number of hydrogen-bond acceptors (Lipinski definition) is 8. The van der Waals surface area contributed by atoms with Crippen LogP contribution < -0.4 is 5.56 Å². The van der Waals surface area contributed by atoms with E-state index in [1.165, 1.54) is 10.9 Å². The van der Waals surface area contributed by atoms with Gasteiger partial charge in [0.2, 0.25) is 0 Å². The van der Waals surface area contributed by atoms with Crippen LogP contribution in [0.4, 0.5) is 0 Å². The van der Waals surface area contributed by atoms with Crippen LogP contribution in [0.1, 0.15) is 36.0 Å². The number of aromatic nitrogens is 2. The number of thiophene rings is 1. The van der Waals surface area contributed by atoms with Gasteiger partial charge in [0.25, 0.3) is 5.56 Å². The second-order valence-electron chi connectivity index (χ2n) is 5.79. The lowest BCUT2D eigenvalue weighted by atomic mass is 10.2. The highest BCUT2D eigenvalue weighted by atomic mass is 32.1. The molecule has 0 saturated heterocycles. The molecular formula is C17H22N2O6S. The Bertz CT molecular complexity index is 855. The van der Waals surface area contributed by atoms with Gasteiger partial charge < -0.3 is 14.2 Å². The van der Waals surface area contributed by atoms with E-state index in [1.54, 1.807) is 20.8 Å². The number of carbonyl (C=O) groups excluding carboxylic acids is 2. The van der Waals surface area contributed by atoms with Crippen LogP contribution in [-0.4, -0.2) is 47.4 Å². The zero-order valence-electron chi connectivity index (χ0n) is 15.2. The van der Waals surface area contributed by atoms with Crippen molar-refractivity contribution in [2.75, 3.05) is 19.8 Å². The maximum atomic E-state index is 12.7. The van der Waals surface area contributed by atoms with E-state index in [0.29, 0.717) is 33.9 Å². The summed E-state index contributed by atoms with van der Waals surface area (Å²) in [5.74, 6) is -1.04. The molecule has 2 heterocycles. The summed E-state index contributed by atoms with van der Waals surface area (Å²) in [5.41, 5.74) is 0.112. The number of fused-ring (bicyclic) bond motifs is 1. The molecule has 2 rings (SSSR count). The van der Waals surface area contributed by atoms with Crippen LogP contribution in [0.25, 0.3) is 10.2 Å². The van der Waals surface area contributed by atoms with Gasteiger partial charge in [-0.25, -0.2) is 9.78 Å². The molecule has 0 amide bonds. The Morgan fingerprint density at radius 1 is 1.31 bits per heavy atom. The number of esters is 2. The van der Waals surface area contributed by atoms with Crippen molar-refractivity contribution in [2.45, 2.75) is 40.3 Å². The van der Waals surface area contributed by atoms with Crippen LogP contribution in [0, 0.1) is 6.92 Å². The quantitative estimate of drug-likeness (QED) is 0.508. The number of aryl methyl sites for hydroxylation is 1. The molecule has 0 fully saturated rings. The van der Waals surface area contributed by atoms with Gasteiger partial charge in [-0.05, 0) is 33.3 Å². The van der Waals surface area contributed by atoms with Crippen LogP contribution in [0.3, 0.4) is 0 Å². The monoisotopic (exact) mass is 382 g/mol. The van der Waals surface area contributed by atoms with Crippen molar-refractivity contribution in [3.8, 4) is 0 Å². The molecule has 0 saturated carbocycles. The Morgan fingerprint density at radius 3 is 2.69 bits per heavy atom. The average Bonchev–Trinajstić information content (AvgIpc) is 2.91. The summed E-state index contributed by atoms with van der Waals surface area (Å²) in [6, 6.07) is 0. The third kappa shape index (κ3) is 4.67. The van der Waals surface area contributed by atoms with E-state index in [1.807, 2.05) is 6.92 Å². The standard InChI is InChI=1S/C17H22N2O6S/c1-5-23-6-7-24-12(20)8-19-9-18-15-13(16(19)21)11(4)14(26-15)17(22)25-10(2)3/h9-10H,5-8H2,1-4H3. The molecule has 0 aliphatic heterocycles. The van der Waals surface area contributed by atoms with E-state index >= 15 is 0 Å². The lowest BCUT2D eigenvalue weighted by Crippen LogP contribution is -2.26. The number of ether oxygens (including phenoxy) is 3. The summed E-state index contributed by atoms with van der Waals surface area (Å²) in [6.07, 6.45) is 1.02. The zero-order valence-corrected chi connectivity index (χ0v) is 16.1. The molecule has 0 aromatic carbocycles. The molecule has 2 aromatic rings. The topological polar surface area (TPSA) is 96.7 Å². The van der Waals surface area contributed by atoms with Crippen molar-refractivity contribution < 1.29 is 23.8 Å². The molecule has 26 heavy (non-hydrogen) atoms. The molecule has 8 nitrogen and oxygen atoms in total. The van der Waals surface area contributed by atoms with E-state index < -0.39 is 17.5 Å².